The molecule has 1 heterocycles. The highest BCUT2D eigenvalue weighted by Gasteiger charge is 2.10. The van der Waals surface area contributed by atoms with Crippen LogP contribution in [0.25, 0.3) is 10.4 Å². The maximum absolute atomic E-state index is 13.9. The van der Waals surface area contributed by atoms with Crippen molar-refractivity contribution in [2.45, 2.75) is 13.3 Å². The minimum Gasteiger partial charge on any atom is -0.207 e. The molecule has 3 rings (SSSR count). The number of halogens is 3. The van der Waals surface area contributed by atoms with Crippen LogP contribution in [0.5, 0.6) is 0 Å². The second-order valence-corrected chi connectivity index (χ2v) is 7.55. The quantitative estimate of drug-likeness (QED) is 0.438. The van der Waals surface area contributed by atoms with E-state index in [2.05, 4.69) is 47.7 Å². The summed E-state index contributed by atoms with van der Waals surface area (Å²) in [7, 11) is 0. The first-order chi connectivity index (χ1) is 10.5. The highest BCUT2D eigenvalue weighted by molar-refractivity contribution is 14.1. The lowest BCUT2D eigenvalue weighted by atomic mass is 10.1. The van der Waals surface area contributed by atoms with Gasteiger partial charge in [0.05, 0.1) is 0 Å². The smallest absolute Gasteiger partial charge is 0.134 e. The first-order valence-corrected chi connectivity index (χ1v) is 8.71. The van der Waals surface area contributed by atoms with E-state index < -0.39 is 11.6 Å². The molecule has 112 valence electrons. The maximum Gasteiger partial charge on any atom is 0.134 e. The predicted octanol–water partition coefficient (Wildman–Crippen LogP) is 6.20. The number of thiophene rings is 1. The SMILES string of the molecule is Cc1ccc(I)cc1Cc1ccc(-c2ccc(F)cc2F)s1. The van der Waals surface area contributed by atoms with E-state index in [1.165, 1.54) is 31.7 Å². The van der Waals surface area contributed by atoms with Gasteiger partial charge in [-0.05, 0) is 77.0 Å². The van der Waals surface area contributed by atoms with Gasteiger partial charge in [0.15, 0.2) is 0 Å². The lowest BCUT2D eigenvalue weighted by Crippen LogP contribution is -1.90. The molecule has 0 radical (unpaired) electrons. The third kappa shape index (κ3) is 3.38. The van der Waals surface area contributed by atoms with Crippen LogP contribution in [-0.2, 0) is 6.42 Å². The maximum atomic E-state index is 13.9. The van der Waals surface area contributed by atoms with Gasteiger partial charge >= 0.3 is 0 Å². The topological polar surface area (TPSA) is 0 Å². The summed E-state index contributed by atoms with van der Waals surface area (Å²) in [6.45, 7) is 2.10. The standard InChI is InChI=1S/C18H13F2IS/c1-11-2-4-14(21)8-12(11)9-15-5-7-18(22-15)16-6-3-13(19)10-17(16)20/h2-8,10H,9H2,1H3. The van der Waals surface area contributed by atoms with E-state index in [1.54, 1.807) is 11.3 Å². The zero-order valence-corrected chi connectivity index (χ0v) is 14.8. The zero-order valence-electron chi connectivity index (χ0n) is 11.9. The number of hydrogen-bond acceptors (Lipinski definition) is 1. The van der Waals surface area contributed by atoms with Crippen LogP contribution in [0.15, 0.2) is 48.5 Å². The van der Waals surface area contributed by atoms with E-state index in [0.717, 1.165) is 17.4 Å². The van der Waals surface area contributed by atoms with E-state index in [0.29, 0.717) is 5.56 Å². The Morgan fingerprint density at radius 2 is 1.82 bits per heavy atom. The fraction of sp³-hybridized carbons (Fsp3) is 0.111. The van der Waals surface area contributed by atoms with Crippen LogP contribution in [0.1, 0.15) is 16.0 Å². The lowest BCUT2D eigenvalue weighted by Gasteiger charge is -2.05. The summed E-state index contributed by atoms with van der Waals surface area (Å²) in [5.74, 6) is -1.06. The van der Waals surface area contributed by atoms with Gasteiger partial charge in [0.25, 0.3) is 0 Å². The second-order valence-electron chi connectivity index (χ2n) is 5.14. The Balaban J connectivity index is 1.89. The molecular formula is C18H13F2IS. The van der Waals surface area contributed by atoms with Crippen LogP contribution in [-0.4, -0.2) is 0 Å². The van der Waals surface area contributed by atoms with Crippen LogP contribution < -0.4 is 0 Å². The van der Waals surface area contributed by atoms with Crippen LogP contribution in [0.4, 0.5) is 8.78 Å². The Kier molecular flexibility index (Phi) is 4.59. The Hall–Kier alpha value is -1.27. The average molecular weight is 426 g/mol. The molecule has 0 spiro atoms. The largest absolute Gasteiger partial charge is 0.207 e. The van der Waals surface area contributed by atoms with Gasteiger partial charge in [-0.2, -0.15) is 0 Å². The van der Waals surface area contributed by atoms with Crippen molar-refractivity contribution in [3.63, 3.8) is 0 Å². The van der Waals surface area contributed by atoms with Crippen LogP contribution >= 0.6 is 33.9 Å². The van der Waals surface area contributed by atoms with Gasteiger partial charge in [0, 0.05) is 31.4 Å². The first kappa shape index (κ1) is 15.6. The van der Waals surface area contributed by atoms with Gasteiger partial charge < -0.3 is 0 Å². The summed E-state index contributed by atoms with van der Waals surface area (Å²) in [6.07, 6.45) is 0.830. The molecule has 4 heteroatoms. The molecule has 0 unspecified atom stereocenters. The number of benzene rings is 2. The second kappa shape index (κ2) is 6.46. The number of hydrogen-bond donors (Lipinski definition) is 0. The van der Waals surface area contributed by atoms with Crippen molar-refractivity contribution in [3.8, 4) is 10.4 Å². The zero-order chi connectivity index (χ0) is 15.7. The molecule has 0 N–H and O–H groups in total. The van der Waals surface area contributed by atoms with Crippen molar-refractivity contribution in [3.05, 3.63) is 79.7 Å². The van der Waals surface area contributed by atoms with E-state index in [9.17, 15) is 8.78 Å². The fourth-order valence-corrected chi connectivity index (χ4v) is 3.94. The van der Waals surface area contributed by atoms with Crippen molar-refractivity contribution in [1.29, 1.82) is 0 Å². The monoisotopic (exact) mass is 426 g/mol. The molecule has 0 bridgehead atoms. The van der Waals surface area contributed by atoms with E-state index in [-0.39, 0.29) is 0 Å². The number of rotatable bonds is 3. The summed E-state index contributed by atoms with van der Waals surface area (Å²) in [6, 6.07) is 14.0. The number of aryl methyl sites for hydroxylation is 1. The molecule has 0 nitrogen and oxygen atoms in total. The summed E-state index contributed by atoms with van der Waals surface area (Å²) < 4.78 is 28.1. The molecule has 0 atom stereocenters. The van der Waals surface area contributed by atoms with Crippen molar-refractivity contribution < 1.29 is 8.78 Å². The molecule has 0 aliphatic rings. The molecule has 0 saturated carbocycles. The van der Waals surface area contributed by atoms with Crippen molar-refractivity contribution in [2.75, 3.05) is 0 Å². The summed E-state index contributed by atoms with van der Waals surface area (Å²) in [5, 5.41) is 0. The Bertz CT molecular complexity index is 824. The minimum absolute atomic E-state index is 0.456. The van der Waals surface area contributed by atoms with Crippen LogP contribution in [0, 0.1) is 22.1 Å². The molecular weight excluding hydrogens is 413 g/mol. The molecule has 22 heavy (non-hydrogen) atoms. The van der Waals surface area contributed by atoms with Crippen molar-refractivity contribution >= 4 is 33.9 Å². The molecule has 0 fully saturated rings. The molecule has 0 aliphatic carbocycles. The molecule has 0 amide bonds. The molecule has 1 aromatic heterocycles. The lowest BCUT2D eigenvalue weighted by molar-refractivity contribution is 0.586. The molecule has 2 aromatic carbocycles. The third-order valence-corrected chi connectivity index (χ3v) is 5.32. The van der Waals surface area contributed by atoms with Gasteiger partial charge in [-0.3, -0.25) is 0 Å². The van der Waals surface area contributed by atoms with Gasteiger partial charge in [-0.1, -0.05) is 6.07 Å². The van der Waals surface area contributed by atoms with Gasteiger partial charge in [-0.15, -0.1) is 11.3 Å². The van der Waals surface area contributed by atoms with Crippen LogP contribution in [0.3, 0.4) is 0 Å². The van der Waals surface area contributed by atoms with E-state index in [1.807, 2.05) is 12.1 Å². The molecule has 0 saturated heterocycles. The normalized spacial score (nSPS) is 10.9. The Labute approximate surface area is 146 Å². The Morgan fingerprint density at radius 3 is 2.59 bits per heavy atom. The summed E-state index contributed by atoms with van der Waals surface area (Å²) >= 11 is 3.86. The highest BCUT2D eigenvalue weighted by atomic mass is 127. The molecule has 0 aliphatic heterocycles. The summed E-state index contributed by atoms with van der Waals surface area (Å²) in [4.78, 5) is 2.00. The predicted molar refractivity (Wildman–Crippen MR) is 96.4 cm³/mol. The summed E-state index contributed by atoms with van der Waals surface area (Å²) in [5.41, 5.74) is 2.99. The minimum atomic E-state index is -0.549. The first-order valence-electron chi connectivity index (χ1n) is 6.82. The molecule has 3 aromatic rings. The van der Waals surface area contributed by atoms with Gasteiger partial charge in [0.2, 0.25) is 0 Å². The fourth-order valence-electron chi connectivity index (χ4n) is 2.33. The van der Waals surface area contributed by atoms with Crippen molar-refractivity contribution in [2.24, 2.45) is 0 Å². The van der Waals surface area contributed by atoms with Crippen molar-refractivity contribution in [1.82, 2.24) is 0 Å². The average Bonchev–Trinajstić information content (AvgIpc) is 2.91. The van der Waals surface area contributed by atoms with Crippen LogP contribution in [0.2, 0.25) is 0 Å². The van der Waals surface area contributed by atoms with E-state index in [4.69, 9.17) is 0 Å². The third-order valence-electron chi connectivity index (χ3n) is 3.53. The highest BCUT2D eigenvalue weighted by Crippen LogP contribution is 2.32. The van der Waals surface area contributed by atoms with E-state index >= 15 is 0 Å². The van der Waals surface area contributed by atoms with Gasteiger partial charge in [-0.25, -0.2) is 8.78 Å². The van der Waals surface area contributed by atoms with Gasteiger partial charge in [0.1, 0.15) is 11.6 Å². The Morgan fingerprint density at radius 1 is 1.00 bits per heavy atom.